The molecule has 0 bridgehead atoms. The fraction of sp³-hybridized carbons (Fsp3) is 0.273. The molecule has 29 heavy (non-hydrogen) atoms. The van der Waals surface area contributed by atoms with Crippen molar-refractivity contribution in [3.05, 3.63) is 66.4 Å². The lowest BCUT2D eigenvalue weighted by Crippen LogP contribution is -2.26. The second kappa shape index (κ2) is 7.50. The van der Waals surface area contributed by atoms with Crippen molar-refractivity contribution in [2.24, 2.45) is 0 Å². The molecule has 5 rings (SSSR count). The van der Waals surface area contributed by atoms with Gasteiger partial charge in [0.1, 0.15) is 12.1 Å². The van der Waals surface area contributed by atoms with E-state index in [4.69, 9.17) is 0 Å². The molecule has 1 saturated heterocycles. The topological polar surface area (TPSA) is 75.4 Å². The molecule has 0 radical (unpaired) electrons. The number of carbonyl (C=O) groups excluding carboxylic acids is 1. The molecule has 5 heterocycles. The summed E-state index contributed by atoms with van der Waals surface area (Å²) in [4.78, 5) is 28.7. The smallest absolute Gasteiger partial charge is 0.254 e. The fourth-order valence-corrected chi connectivity index (χ4v) is 4.09. The molecule has 4 aromatic rings. The van der Waals surface area contributed by atoms with Crippen LogP contribution in [0.25, 0.3) is 16.6 Å². The lowest BCUT2D eigenvalue weighted by Gasteiger charge is -2.17. The van der Waals surface area contributed by atoms with Crippen molar-refractivity contribution in [3.63, 3.8) is 0 Å². The Labute approximate surface area is 168 Å². The third-order valence-corrected chi connectivity index (χ3v) is 5.46. The maximum atomic E-state index is 13.3. The first-order valence-corrected chi connectivity index (χ1v) is 9.99. The standard InChI is InChI=1S/C22H22N6O/c29-22(24-10-8-16-6-5-9-23-14-16)18-17-7-1-2-13-28(17)21-19(18)20(25-15-26-21)27-11-3-4-12-27/h1-2,5-7,9,13-15H,3-4,8,10-12H2,(H,24,29). The zero-order valence-electron chi connectivity index (χ0n) is 16.1. The van der Waals surface area contributed by atoms with Crippen LogP contribution in [0.4, 0.5) is 5.82 Å². The molecule has 1 N–H and O–H groups in total. The number of hydrogen-bond donors (Lipinski definition) is 1. The highest BCUT2D eigenvalue weighted by molar-refractivity contribution is 6.16. The normalized spacial score (nSPS) is 14.0. The fourth-order valence-electron chi connectivity index (χ4n) is 4.09. The Kier molecular flexibility index (Phi) is 4.56. The third kappa shape index (κ3) is 3.18. The van der Waals surface area contributed by atoms with Crippen LogP contribution in [-0.2, 0) is 6.42 Å². The van der Waals surface area contributed by atoms with E-state index in [2.05, 4.69) is 25.2 Å². The van der Waals surface area contributed by atoms with Crippen molar-refractivity contribution in [2.75, 3.05) is 24.5 Å². The van der Waals surface area contributed by atoms with Gasteiger partial charge < -0.3 is 14.6 Å². The monoisotopic (exact) mass is 386 g/mol. The Morgan fingerprint density at radius 3 is 2.83 bits per heavy atom. The van der Waals surface area contributed by atoms with E-state index < -0.39 is 0 Å². The molecule has 1 aliphatic heterocycles. The van der Waals surface area contributed by atoms with Gasteiger partial charge in [-0.15, -0.1) is 0 Å². The number of anilines is 1. The quantitative estimate of drug-likeness (QED) is 0.571. The van der Waals surface area contributed by atoms with E-state index in [1.165, 1.54) is 0 Å². The van der Waals surface area contributed by atoms with E-state index in [0.29, 0.717) is 12.1 Å². The third-order valence-electron chi connectivity index (χ3n) is 5.46. The molecule has 0 spiro atoms. The molecule has 1 amide bonds. The largest absolute Gasteiger partial charge is 0.356 e. The van der Waals surface area contributed by atoms with Crippen LogP contribution < -0.4 is 10.2 Å². The number of rotatable bonds is 5. The average molecular weight is 386 g/mol. The lowest BCUT2D eigenvalue weighted by atomic mass is 10.1. The van der Waals surface area contributed by atoms with Crippen LogP contribution in [0.1, 0.15) is 28.8 Å². The van der Waals surface area contributed by atoms with Crippen LogP contribution in [0.3, 0.4) is 0 Å². The molecule has 4 aromatic heterocycles. The van der Waals surface area contributed by atoms with Crippen LogP contribution in [-0.4, -0.2) is 44.9 Å². The number of amides is 1. The minimum Gasteiger partial charge on any atom is -0.356 e. The molecule has 1 fully saturated rings. The number of fused-ring (bicyclic) bond motifs is 3. The Morgan fingerprint density at radius 1 is 1.10 bits per heavy atom. The van der Waals surface area contributed by atoms with Crippen LogP contribution >= 0.6 is 0 Å². The number of nitrogens with one attached hydrogen (secondary N) is 1. The molecule has 0 aromatic carbocycles. The van der Waals surface area contributed by atoms with E-state index in [0.717, 1.165) is 60.3 Å². The van der Waals surface area contributed by atoms with Gasteiger partial charge in [-0.25, -0.2) is 9.97 Å². The van der Waals surface area contributed by atoms with Gasteiger partial charge in [0, 0.05) is 38.2 Å². The van der Waals surface area contributed by atoms with Gasteiger partial charge >= 0.3 is 0 Å². The summed E-state index contributed by atoms with van der Waals surface area (Å²) >= 11 is 0. The van der Waals surface area contributed by atoms with Gasteiger partial charge in [-0.1, -0.05) is 12.1 Å². The van der Waals surface area contributed by atoms with Crippen LogP contribution in [0, 0.1) is 0 Å². The Morgan fingerprint density at radius 2 is 2.00 bits per heavy atom. The van der Waals surface area contributed by atoms with Gasteiger partial charge in [0.05, 0.1) is 16.5 Å². The number of aromatic nitrogens is 4. The zero-order valence-corrected chi connectivity index (χ0v) is 16.1. The van der Waals surface area contributed by atoms with E-state index in [1.54, 1.807) is 12.5 Å². The minimum absolute atomic E-state index is 0.0946. The van der Waals surface area contributed by atoms with Gasteiger partial charge in [0.2, 0.25) is 0 Å². The van der Waals surface area contributed by atoms with E-state index in [-0.39, 0.29) is 5.91 Å². The van der Waals surface area contributed by atoms with Crippen molar-refractivity contribution in [1.82, 2.24) is 24.7 Å². The molecule has 1 aliphatic rings. The van der Waals surface area contributed by atoms with Gasteiger partial charge in [-0.2, -0.15) is 0 Å². The Hall–Kier alpha value is -3.48. The molecule has 0 unspecified atom stereocenters. The summed E-state index contributed by atoms with van der Waals surface area (Å²) in [6.45, 7) is 2.46. The maximum absolute atomic E-state index is 13.3. The van der Waals surface area contributed by atoms with Gasteiger partial charge in [-0.3, -0.25) is 9.78 Å². The Balaban J connectivity index is 1.54. The molecule has 146 valence electrons. The van der Waals surface area contributed by atoms with Crippen LogP contribution in [0.2, 0.25) is 0 Å². The SMILES string of the molecule is O=C(NCCc1cccnc1)c1c2c(N3CCCC3)ncnc2n2ccccc12. The van der Waals surface area contributed by atoms with Crippen molar-refractivity contribution < 1.29 is 4.79 Å². The summed E-state index contributed by atoms with van der Waals surface area (Å²) in [5.74, 6) is 0.761. The molecule has 0 aliphatic carbocycles. The van der Waals surface area contributed by atoms with E-state index >= 15 is 0 Å². The molecule has 7 heteroatoms. The first-order chi connectivity index (χ1) is 14.3. The zero-order chi connectivity index (χ0) is 19.6. The van der Waals surface area contributed by atoms with Crippen molar-refractivity contribution in [1.29, 1.82) is 0 Å². The highest BCUT2D eigenvalue weighted by Crippen LogP contribution is 2.33. The first-order valence-electron chi connectivity index (χ1n) is 9.99. The predicted molar refractivity (Wildman–Crippen MR) is 112 cm³/mol. The average Bonchev–Trinajstić information content (AvgIpc) is 3.41. The lowest BCUT2D eigenvalue weighted by molar-refractivity contribution is 0.0957. The summed E-state index contributed by atoms with van der Waals surface area (Å²) in [7, 11) is 0. The Bertz CT molecular complexity index is 1160. The van der Waals surface area contributed by atoms with Gasteiger partial charge in [0.15, 0.2) is 5.65 Å². The summed E-state index contributed by atoms with van der Waals surface area (Å²) in [5.41, 5.74) is 3.37. The second-order valence-electron chi connectivity index (χ2n) is 7.29. The summed E-state index contributed by atoms with van der Waals surface area (Å²) in [6.07, 6.45) is 10.1. The van der Waals surface area contributed by atoms with Crippen LogP contribution in [0.5, 0.6) is 0 Å². The number of nitrogens with zero attached hydrogens (tertiary/aromatic N) is 5. The minimum atomic E-state index is -0.0946. The highest BCUT2D eigenvalue weighted by Gasteiger charge is 2.25. The number of hydrogen-bond acceptors (Lipinski definition) is 5. The van der Waals surface area contributed by atoms with Gasteiger partial charge in [0.25, 0.3) is 5.91 Å². The molecular weight excluding hydrogens is 364 g/mol. The summed E-state index contributed by atoms with van der Waals surface area (Å²) in [5, 5.41) is 3.91. The molecular formula is C22H22N6O. The second-order valence-corrected chi connectivity index (χ2v) is 7.29. The van der Waals surface area contributed by atoms with Crippen molar-refractivity contribution in [2.45, 2.75) is 19.3 Å². The molecule has 0 saturated carbocycles. The van der Waals surface area contributed by atoms with Crippen molar-refractivity contribution in [3.8, 4) is 0 Å². The highest BCUT2D eigenvalue weighted by atomic mass is 16.1. The van der Waals surface area contributed by atoms with Crippen LogP contribution in [0.15, 0.2) is 55.2 Å². The first kappa shape index (κ1) is 17.6. The van der Waals surface area contributed by atoms with E-state index in [9.17, 15) is 4.79 Å². The predicted octanol–water partition coefficient (Wildman–Crippen LogP) is 2.85. The van der Waals surface area contributed by atoms with Gasteiger partial charge in [-0.05, 0) is 43.0 Å². The number of pyridine rings is 2. The van der Waals surface area contributed by atoms with Crippen molar-refractivity contribution >= 4 is 28.3 Å². The summed E-state index contributed by atoms with van der Waals surface area (Å²) < 4.78 is 1.98. The van der Waals surface area contributed by atoms with E-state index in [1.807, 2.05) is 47.1 Å². The molecule has 7 nitrogen and oxygen atoms in total. The molecule has 0 atom stereocenters. The maximum Gasteiger partial charge on any atom is 0.254 e. The number of carbonyl (C=O) groups is 1. The summed E-state index contributed by atoms with van der Waals surface area (Å²) in [6, 6.07) is 9.79.